The summed E-state index contributed by atoms with van der Waals surface area (Å²) in [6.07, 6.45) is 3.02. The maximum atomic E-state index is 5.81. The van der Waals surface area contributed by atoms with E-state index in [0.29, 0.717) is 6.54 Å². The van der Waals surface area contributed by atoms with Crippen LogP contribution in [0.1, 0.15) is 26.0 Å². The summed E-state index contributed by atoms with van der Waals surface area (Å²) < 4.78 is 1.83. The number of nitrogens with zero attached hydrogens (tertiary/aromatic N) is 3. The fraction of sp³-hybridized carbons (Fsp3) is 0.727. The number of hydrogen-bond acceptors (Lipinski definition) is 3. The van der Waals surface area contributed by atoms with E-state index >= 15 is 0 Å². The van der Waals surface area contributed by atoms with Gasteiger partial charge in [-0.1, -0.05) is 6.92 Å². The van der Waals surface area contributed by atoms with Crippen LogP contribution in [-0.4, -0.2) is 33.8 Å². The van der Waals surface area contributed by atoms with Gasteiger partial charge in [0.1, 0.15) is 0 Å². The maximum absolute atomic E-state index is 5.81. The fourth-order valence-corrected chi connectivity index (χ4v) is 1.55. The monoisotopic (exact) mass is 210 g/mol. The molecule has 0 fully saturated rings. The van der Waals surface area contributed by atoms with E-state index in [1.54, 1.807) is 0 Å². The molecule has 0 radical (unpaired) electrons. The Bertz CT molecular complexity index is 301. The van der Waals surface area contributed by atoms with Crippen LogP contribution in [0.4, 0.5) is 0 Å². The van der Waals surface area contributed by atoms with E-state index in [9.17, 15) is 0 Å². The van der Waals surface area contributed by atoms with Crippen LogP contribution >= 0.6 is 0 Å². The lowest BCUT2D eigenvalue weighted by Crippen LogP contribution is -2.48. The van der Waals surface area contributed by atoms with Crippen molar-refractivity contribution in [1.82, 2.24) is 14.7 Å². The number of aromatic nitrogens is 2. The lowest BCUT2D eigenvalue weighted by Gasteiger charge is -2.36. The highest BCUT2D eigenvalue weighted by atomic mass is 15.3. The summed E-state index contributed by atoms with van der Waals surface area (Å²) in [6.45, 7) is 5.88. The average Bonchev–Trinajstić information content (AvgIpc) is 2.62. The molecule has 0 aromatic carbocycles. The van der Waals surface area contributed by atoms with E-state index < -0.39 is 0 Å². The Labute approximate surface area is 92.1 Å². The zero-order valence-corrected chi connectivity index (χ0v) is 10.2. The van der Waals surface area contributed by atoms with Crippen molar-refractivity contribution in [2.24, 2.45) is 12.8 Å². The Balaban J connectivity index is 2.65. The van der Waals surface area contributed by atoms with Crippen molar-refractivity contribution in [2.45, 2.75) is 32.4 Å². The normalized spacial score (nSPS) is 15.6. The zero-order chi connectivity index (χ0) is 11.5. The minimum atomic E-state index is 0.0670. The van der Waals surface area contributed by atoms with Crippen molar-refractivity contribution in [3.05, 3.63) is 18.0 Å². The quantitative estimate of drug-likeness (QED) is 0.788. The van der Waals surface area contributed by atoms with E-state index in [0.717, 1.165) is 18.7 Å². The smallest absolute Gasteiger partial charge is 0.0764 e. The van der Waals surface area contributed by atoms with Crippen molar-refractivity contribution in [3.63, 3.8) is 0 Å². The molecule has 1 aromatic rings. The molecule has 0 aliphatic heterocycles. The van der Waals surface area contributed by atoms with Crippen LogP contribution in [0.2, 0.25) is 0 Å². The Morgan fingerprint density at radius 3 is 2.67 bits per heavy atom. The molecule has 4 nitrogen and oxygen atoms in total. The van der Waals surface area contributed by atoms with Gasteiger partial charge in [0.05, 0.1) is 5.69 Å². The third-order valence-corrected chi connectivity index (χ3v) is 3.29. The molecule has 0 amide bonds. The maximum Gasteiger partial charge on any atom is 0.0764 e. The van der Waals surface area contributed by atoms with Gasteiger partial charge in [0.25, 0.3) is 0 Å². The van der Waals surface area contributed by atoms with E-state index in [-0.39, 0.29) is 5.54 Å². The summed E-state index contributed by atoms with van der Waals surface area (Å²) >= 11 is 0. The van der Waals surface area contributed by atoms with Crippen molar-refractivity contribution in [2.75, 3.05) is 13.6 Å². The summed E-state index contributed by atoms with van der Waals surface area (Å²) in [5.41, 5.74) is 6.97. The Morgan fingerprint density at radius 2 is 2.27 bits per heavy atom. The second-order valence-corrected chi connectivity index (χ2v) is 4.39. The van der Waals surface area contributed by atoms with Crippen molar-refractivity contribution < 1.29 is 0 Å². The Hall–Kier alpha value is -0.870. The summed E-state index contributed by atoms with van der Waals surface area (Å²) in [6, 6.07) is 2.04. The number of aryl methyl sites for hydroxylation is 1. The molecular weight excluding hydrogens is 188 g/mol. The molecule has 0 aliphatic rings. The highest BCUT2D eigenvalue weighted by Crippen LogP contribution is 2.17. The van der Waals surface area contributed by atoms with Crippen molar-refractivity contribution >= 4 is 0 Å². The Morgan fingerprint density at radius 1 is 1.60 bits per heavy atom. The van der Waals surface area contributed by atoms with Crippen LogP contribution in [0.15, 0.2) is 12.3 Å². The third-order valence-electron chi connectivity index (χ3n) is 3.29. The summed E-state index contributed by atoms with van der Waals surface area (Å²) in [4.78, 5) is 2.27. The molecule has 1 unspecified atom stereocenters. The van der Waals surface area contributed by atoms with Gasteiger partial charge in [-0.25, -0.2) is 0 Å². The van der Waals surface area contributed by atoms with Gasteiger partial charge in [0.15, 0.2) is 0 Å². The van der Waals surface area contributed by atoms with Crippen molar-refractivity contribution in [1.29, 1.82) is 0 Å². The largest absolute Gasteiger partial charge is 0.329 e. The molecule has 0 bridgehead atoms. The first-order valence-corrected chi connectivity index (χ1v) is 5.41. The van der Waals surface area contributed by atoms with Crippen LogP contribution in [0.5, 0.6) is 0 Å². The molecule has 0 aliphatic carbocycles. The lowest BCUT2D eigenvalue weighted by atomic mass is 9.97. The highest BCUT2D eigenvalue weighted by Gasteiger charge is 2.25. The van der Waals surface area contributed by atoms with E-state index in [2.05, 4.69) is 30.9 Å². The summed E-state index contributed by atoms with van der Waals surface area (Å²) in [5, 5.41) is 4.37. The second kappa shape index (κ2) is 4.77. The first-order chi connectivity index (χ1) is 7.01. The molecule has 2 N–H and O–H groups in total. The predicted molar refractivity (Wildman–Crippen MR) is 62.4 cm³/mol. The third kappa shape index (κ3) is 2.79. The number of nitrogens with two attached hydrogens (primary N) is 1. The number of hydrogen-bond donors (Lipinski definition) is 1. The molecule has 86 valence electrons. The second-order valence-electron chi connectivity index (χ2n) is 4.39. The van der Waals surface area contributed by atoms with Crippen LogP contribution in [0, 0.1) is 0 Å². The molecule has 1 atom stereocenters. The van der Waals surface area contributed by atoms with Gasteiger partial charge in [0.2, 0.25) is 0 Å². The van der Waals surface area contributed by atoms with Crippen LogP contribution in [0.25, 0.3) is 0 Å². The molecule has 15 heavy (non-hydrogen) atoms. The van der Waals surface area contributed by atoms with Crippen LogP contribution in [0.3, 0.4) is 0 Å². The van der Waals surface area contributed by atoms with E-state index in [1.165, 1.54) is 0 Å². The van der Waals surface area contributed by atoms with Gasteiger partial charge < -0.3 is 5.73 Å². The molecule has 0 saturated heterocycles. The summed E-state index contributed by atoms with van der Waals surface area (Å²) in [5.74, 6) is 0. The highest BCUT2D eigenvalue weighted by molar-refractivity contribution is 5.00. The van der Waals surface area contributed by atoms with Gasteiger partial charge in [-0.05, 0) is 26.5 Å². The standard InChI is InChI=1S/C11H22N4/c1-5-11(2,9-12)14(3)8-10-6-7-15(4)13-10/h6-7H,5,8-9,12H2,1-4H3. The minimum absolute atomic E-state index is 0.0670. The average molecular weight is 210 g/mol. The van der Waals surface area contributed by atoms with Gasteiger partial charge >= 0.3 is 0 Å². The van der Waals surface area contributed by atoms with Gasteiger partial charge in [-0.15, -0.1) is 0 Å². The van der Waals surface area contributed by atoms with Crippen LogP contribution < -0.4 is 5.73 Å². The summed E-state index contributed by atoms with van der Waals surface area (Å²) in [7, 11) is 4.04. The van der Waals surface area contributed by atoms with Crippen LogP contribution in [-0.2, 0) is 13.6 Å². The molecule has 4 heteroatoms. The zero-order valence-electron chi connectivity index (χ0n) is 10.2. The number of rotatable bonds is 5. The first kappa shape index (κ1) is 12.2. The minimum Gasteiger partial charge on any atom is -0.329 e. The molecule has 1 heterocycles. The van der Waals surface area contributed by atoms with Gasteiger partial charge in [-0.2, -0.15) is 5.10 Å². The van der Waals surface area contributed by atoms with Gasteiger partial charge in [-0.3, -0.25) is 9.58 Å². The molecular formula is C11H22N4. The number of likely N-dealkylation sites (N-methyl/N-ethyl adjacent to an activating group) is 1. The van der Waals surface area contributed by atoms with E-state index in [4.69, 9.17) is 5.73 Å². The Kier molecular flexibility index (Phi) is 3.88. The SMILES string of the molecule is CCC(C)(CN)N(C)Cc1ccn(C)n1. The lowest BCUT2D eigenvalue weighted by molar-refractivity contribution is 0.130. The molecule has 0 saturated carbocycles. The first-order valence-electron chi connectivity index (χ1n) is 5.41. The molecule has 0 spiro atoms. The van der Waals surface area contributed by atoms with Gasteiger partial charge in [0, 0.05) is 31.9 Å². The predicted octanol–water partition coefficient (Wildman–Crippen LogP) is 0.979. The topological polar surface area (TPSA) is 47.1 Å². The molecule has 1 rings (SSSR count). The molecule has 1 aromatic heterocycles. The van der Waals surface area contributed by atoms with Crippen molar-refractivity contribution in [3.8, 4) is 0 Å². The van der Waals surface area contributed by atoms with E-state index in [1.807, 2.05) is 24.0 Å². The fourth-order valence-electron chi connectivity index (χ4n) is 1.55.